The topological polar surface area (TPSA) is 29.5 Å². The number of hydrogen-bond donors (Lipinski definition) is 0. The van der Waals surface area contributed by atoms with E-state index < -0.39 is 0 Å². The molecule has 0 saturated carbocycles. The van der Waals surface area contributed by atoms with Gasteiger partial charge in [-0.05, 0) is 32.0 Å². The third kappa shape index (κ3) is 3.84. The van der Waals surface area contributed by atoms with Crippen molar-refractivity contribution >= 4 is 5.97 Å². The molecule has 0 saturated heterocycles. The molecule has 1 aromatic rings. The fourth-order valence-electron chi connectivity index (χ4n) is 2.03. The third-order valence-corrected chi connectivity index (χ3v) is 3.30. The minimum Gasteiger partial charge on any atom is -0.465 e. The van der Waals surface area contributed by atoms with Gasteiger partial charge in [0.25, 0.3) is 0 Å². The van der Waals surface area contributed by atoms with E-state index in [9.17, 15) is 4.79 Å². The van der Waals surface area contributed by atoms with Gasteiger partial charge in [0.1, 0.15) is 0 Å². The molecule has 0 aliphatic carbocycles. The molecule has 0 radical (unpaired) electrons. The van der Waals surface area contributed by atoms with Crippen molar-refractivity contribution in [2.24, 2.45) is 0 Å². The fraction of sp³-hybridized carbons (Fsp3) is 0.533. The summed E-state index contributed by atoms with van der Waals surface area (Å²) in [5, 5.41) is 0. The van der Waals surface area contributed by atoms with Gasteiger partial charge in [0.15, 0.2) is 0 Å². The van der Waals surface area contributed by atoms with Gasteiger partial charge < -0.3 is 4.74 Å². The summed E-state index contributed by atoms with van der Waals surface area (Å²) in [6.07, 6.45) is 2.33. The normalized spacial score (nSPS) is 12.5. The molecule has 0 N–H and O–H groups in total. The first-order valence-corrected chi connectivity index (χ1v) is 6.46. The maximum absolute atomic E-state index is 11.7. The summed E-state index contributed by atoms with van der Waals surface area (Å²) in [6.45, 7) is 5.17. The van der Waals surface area contributed by atoms with Crippen molar-refractivity contribution in [3.05, 3.63) is 35.4 Å². The van der Waals surface area contributed by atoms with Crippen LogP contribution in [-0.4, -0.2) is 31.1 Å². The van der Waals surface area contributed by atoms with Crippen molar-refractivity contribution in [2.45, 2.75) is 39.3 Å². The van der Waals surface area contributed by atoms with Crippen LogP contribution in [0.25, 0.3) is 0 Å². The largest absolute Gasteiger partial charge is 0.465 e. The average Bonchev–Trinajstić information content (AvgIpc) is 2.38. The molecule has 0 heterocycles. The molecule has 100 valence electrons. The van der Waals surface area contributed by atoms with E-state index in [1.807, 2.05) is 24.3 Å². The van der Waals surface area contributed by atoms with Crippen LogP contribution in [0, 0.1) is 0 Å². The fourth-order valence-corrected chi connectivity index (χ4v) is 2.03. The Morgan fingerprint density at radius 2 is 2.06 bits per heavy atom. The number of benzene rings is 1. The summed E-state index contributed by atoms with van der Waals surface area (Å²) in [6, 6.07) is 8.15. The van der Waals surface area contributed by atoms with E-state index >= 15 is 0 Å². The van der Waals surface area contributed by atoms with E-state index in [4.69, 9.17) is 4.74 Å². The highest BCUT2D eigenvalue weighted by atomic mass is 16.5. The first-order chi connectivity index (χ1) is 8.60. The van der Waals surface area contributed by atoms with Crippen molar-refractivity contribution in [1.82, 2.24) is 4.90 Å². The summed E-state index contributed by atoms with van der Waals surface area (Å²) in [5.74, 6) is -0.262. The van der Waals surface area contributed by atoms with Gasteiger partial charge in [-0.1, -0.05) is 31.5 Å². The number of hydrogen-bond acceptors (Lipinski definition) is 3. The van der Waals surface area contributed by atoms with Crippen molar-refractivity contribution in [1.29, 1.82) is 0 Å². The molecule has 3 nitrogen and oxygen atoms in total. The van der Waals surface area contributed by atoms with E-state index in [2.05, 4.69) is 25.8 Å². The number of rotatable bonds is 6. The Labute approximate surface area is 110 Å². The van der Waals surface area contributed by atoms with Crippen molar-refractivity contribution in [3.63, 3.8) is 0 Å². The van der Waals surface area contributed by atoms with Gasteiger partial charge in [0.05, 0.1) is 12.7 Å². The predicted octanol–water partition coefficient (Wildman–Crippen LogP) is 3.09. The molecule has 0 bridgehead atoms. The quantitative estimate of drug-likeness (QED) is 0.726. The number of esters is 1. The Balaban J connectivity index is 2.80. The van der Waals surface area contributed by atoms with Crippen molar-refractivity contribution < 1.29 is 9.53 Å². The molecule has 0 fully saturated rings. The lowest BCUT2D eigenvalue weighted by molar-refractivity contribution is 0.0598. The molecule has 0 aliphatic heterocycles. The first kappa shape index (κ1) is 14.7. The molecule has 3 heteroatoms. The molecular weight excluding hydrogens is 226 g/mol. The standard InChI is InChI=1S/C15H23NO2/c1-5-8-12(2)16(3)11-13-9-6-7-10-14(13)15(17)18-4/h6-7,9-10,12H,5,8,11H2,1-4H3. The second-order valence-electron chi connectivity index (χ2n) is 4.70. The van der Waals surface area contributed by atoms with Gasteiger partial charge in [-0.3, -0.25) is 4.90 Å². The third-order valence-electron chi connectivity index (χ3n) is 3.30. The molecule has 18 heavy (non-hydrogen) atoms. The Hall–Kier alpha value is -1.35. The van der Waals surface area contributed by atoms with Gasteiger partial charge in [-0.2, -0.15) is 0 Å². The molecule has 0 amide bonds. The van der Waals surface area contributed by atoms with Crippen LogP contribution in [0.4, 0.5) is 0 Å². The lowest BCUT2D eigenvalue weighted by Gasteiger charge is -2.25. The number of nitrogens with zero attached hydrogens (tertiary/aromatic N) is 1. The number of carbonyl (C=O) groups excluding carboxylic acids is 1. The summed E-state index contributed by atoms with van der Waals surface area (Å²) < 4.78 is 4.81. The molecule has 0 spiro atoms. The van der Waals surface area contributed by atoms with Crippen LogP contribution in [0.3, 0.4) is 0 Å². The Morgan fingerprint density at radius 1 is 1.39 bits per heavy atom. The Morgan fingerprint density at radius 3 is 2.67 bits per heavy atom. The number of methoxy groups -OCH3 is 1. The van der Waals surface area contributed by atoms with E-state index in [0.29, 0.717) is 11.6 Å². The lowest BCUT2D eigenvalue weighted by atomic mass is 10.1. The highest BCUT2D eigenvalue weighted by Crippen LogP contribution is 2.15. The molecular formula is C15H23NO2. The van der Waals surface area contributed by atoms with Crippen LogP contribution < -0.4 is 0 Å². The predicted molar refractivity (Wildman–Crippen MR) is 73.6 cm³/mol. The summed E-state index contributed by atoms with van der Waals surface area (Å²) in [7, 11) is 3.51. The van der Waals surface area contributed by atoms with Crippen molar-refractivity contribution in [2.75, 3.05) is 14.2 Å². The van der Waals surface area contributed by atoms with Crippen LogP contribution >= 0.6 is 0 Å². The van der Waals surface area contributed by atoms with E-state index in [1.165, 1.54) is 13.5 Å². The second-order valence-corrected chi connectivity index (χ2v) is 4.70. The average molecular weight is 249 g/mol. The maximum atomic E-state index is 11.7. The number of carbonyl (C=O) groups is 1. The zero-order chi connectivity index (χ0) is 13.5. The Kier molecular flexibility index (Phi) is 5.86. The lowest BCUT2D eigenvalue weighted by Crippen LogP contribution is -2.29. The van der Waals surface area contributed by atoms with Gasteiger partial charge in [0.2, 0.25) is 0 Å². The summed E-state index contributed by atoms with van der Waals surface area (Å²) >= 11 is 0. The molecule has 1 aromatic carbocycles. The zero-order valence-corrected chi connectivity index (χ0v) is 11.8. The smallest absolute Gasteiger partial charge is 0.338 e. The SMILES string of the molecule is CCCC(C)N(C)Cc1ccccc1C(=O)OC. The molecule has 0 aliphatic rings. The first-order valence-electron chi connectivity index (χ1n) is 6.46. The molecule has 1 rings (SSSR count). The highest BCUT2D eigenvalue weighted by molar-refractivity contribution is 5.90. The number of ether oxygens (including phenoxy) is 1. The minimum atomic E-state index is -0.262. The van der Waals surface area contributed by atoms with Crippen LogP contribution in [0.15, 0.2) is 24.3 Å². The minimum absolute atomic E-state index is 0.262. The van der Waals surface area contributed by atoms with Gasteiger partial charge in [-0.15, -0.1) is 0 Å². The zero-order valence-electron chi connectivity index (χ0n) is 11.8. The van der Waals surface area contributed by atoms with Crippen LogP contribution in [0.1, 0.15) is 42.6 Å². The summed E-state index contributed by atoms with van der Waals surface area (Å²) in [4.78, 5) is 13.9. The highest BCUT2D eigenvalue weighted by Gasteiger charge is 2.14. The van der Waals surface area contributed by atoms with Gasteiger partial charge in [0, 0.05) is 12.6 Å². The van der Waals surface area contributed by atoms with Gasteiger partial charge in [-0.25, -0.2) is 4.79 Å². The van der Waals surface area contributed by atoms with Gasteiger partial charge >= 0.3 is 5.97 Å². The van der Waals surface area contributed by atoms with E-state index in [-0.39, 0.29) is 5.97 Å². The molecule has 0 aromatic heterocycles. The van der Waals surface area contributed by atoms with Crippen LogP contribution in [0.5, 0.6) is 0 Å². The van der Waals surface area contributed by atoms with E-state index in [1.54, 1.807) is 0 Å². The molecule has 1 atom stereocenters. The molecule has 1 unspecified atom stereocenters. The monoisotopic (exact) mass is 249 g/mol. The van der Waals surface area contributed by atoms with E-state index in [0.717, 1.165) is 18.5 Å². The Bertz CT molecular complexity index is 390. The van der Waals surface area contributed by atoms with Crippen LogP contribution in [-0.2, 0) is 11.3 Å². The van der Waals surface area contributed by atoms with Crippen LogP contribution in [0.2, 0.25) is 0 Å². The maximum Gasteiger partial charge on any atom is 0.338 e. The second kappa shape index (κ2) is 7.17. The van der Waals surface area contributed by atoms with Crippen molar-refractivity contribution in [3.8, 4) is 0 Å². The summed E-state index contributed by atoms with van der Waals surface area (Å²) in [5.41, 5.74) is 1.69.